The summed E-state index contributed by atoms with van der Waals surface area (Å²) < 4.78 is 0. The van der Waals surface area contributed by atoms with Gasteiger partial charge in [0.1, 0.15) is 0 Å². The first kappa shape index (κ1) is 6.08. The summed E-state index contributed by atoms with van der Waals surface area (Å²) in [5.41, 5.74) is 0.898. The summed E-state index contributed by atoms with van der Waals surface area (Å²) >= 11 is 0. The smallest absolute Gasteiger partial charge is 0.222 e. The van der Waals surface area contributed by atoms with Crippen LogP contribution in [0.5, 0.6) is 0 Å². The third-order valence-corrected chi connectivity index (χ3v) is 1.43. The Balaban J connectivity index is 2.40. The van der Waals surface area contributed by atoms with E-state index >= 15 is 0 Å². The maximum Gasteiger partial charge on any atom is 0.222 e. The summed E-state index contributed by atoms with van der Waals surface area (Å²) in [6.45, 7) is 7.23. The molecule has 9 heavy (non-hydrogen) atoms. The highest BCUT2D eigenvalue weighted by Crippen LogP contribution is 2.12. The summed E-state index contributed by atoms with van der Waals surface area (Å²) in [4.78, 5) is 10.3. The fourth-order valence-electron chi connectivity index (χ4n) is 0.725. The van der Waals surface area contributed by atoms with E-state index in [1.807, 2.05) is 0 Å². The van der Waals surface area contributed by atoms with E-state index in [1.54, 1.807) is 6.08 Å². The monoisotopic (exact) mass is 123 g/mol. The Labute approximate surface area is 54.3 Å². The molecule has 1 fully saturated rings. The molecule has 1 rings (SSSR count). The Morgan fingerprint density at radius 1 is 1.89 bits per heavy atom. The van der Waals surface area contributed by atoms with Crippen molar-refractivity contribution < 1.29 is 4.79 Å². The molecule has 0 saturated carbocycles. The summed E-state index contributed by atoms with van der Waals surface area (Å²) in [7, 11) is 0. The largest absolute Gasteiger partial charge is 0.349 e. The summed E-state index contributed by atoms with van der Waals surface area (Å²) in [6, 6.07) is 0.162. The number of nitrogens with one attached hydrogen (secondary N) is 1. The summed E-state index contributed by atoms with van der Waals surface area (Å²) in [5.74, 6) is 0.100. The number of carbonyl (C=O) groups excluding carboxylic acids is 1. The molecule has 0 aromatic heterocycles. The zero-order chi connectivity index (χ0) is 6.85. The van der Waals surface area contributed by atoms with Gasteiger partial charge in [-0.15, -0.1) is 0 Å². The number of rotatable bonds is 2. The van der Waals surface area contributed by atoms with E-state index in [0.29, 0.717) is 6.42 Å². The molecule has 2 nitrogen and oxygen atoms in total. The second kappa shape index (κ2) is 2.05. The van der Waals surface area contributed by atoms with E-state index in [9.17, 15) is 4.79 Å². The number of hydrogen-bond donors (Lipinski definition) is 1. The van der Waals surface area contributed by atoms with Gasteiger partial charge >= 0.3 is 0 Å². The lowest BCUT2D eigenvalue weighted by Gasteiger charge is -2.26. The molecule has 0 aliphatic carbocycles. The fraction of sp³-hybridized carbons (Fsp3) is 0.286. The Morgan fingerprint density at radius 3 is 2.78 bits per heavy atom. The molecule has 0 aromatic carbocycles. The van der Waals surface area contributed by atoms with E-state index in [1.165, 1.54) is 0 Å². The van der Waals surface area contributed by atoms with Gasteiger partial charge in [0.2, 0.25) is 5.91 Å². The third-order valence-electron chi connectivity index (χ3n) is 1.43. The van der Waals surface area contributed by atoms with Gasteiger partial charge in [0.25, 0.3) is 0 Å². The van der Waals surface area contributed by atoms with Gasteiger partial charge in [-0.1, -0.05) is 19.2 Å². The Kier molecular flexibility index (Phi) is 1.39. The van der Waals surface area contributed by atoms with Crippen molar-refractivity contribution in [3.8, 4) is 0 Å². The maximum absolute atomic E-state index is 10.3. The van der Waals surface area contributed by atoms with Crippen molar-refractivity contribution in [3.63, 3.8) is 0 Å². The molecule has 1 unspecified atom stereocenters. The molecule has 2 heteroatoms. The Morgan fingerprint density at radius 2 is 2.44 bits per heavy atom. The Bertz CT molecular complexity index is 164. The van der Waals surface area contributed by atoms with Crippen LogP contribution in [-0.2, 0) is 4.79 Å². The highest BCUT2D eigenvalue weighted by atomic mass is 16.2. The molecule has 1 amide bonds. The van der Waals surface area contributed by atoms with Crippen LogP contribution in [0.4, 0.5) is 0 Å². The molecular weight excluding hydrogens is 114 g/mol. The molecule has 1 N–H and O–H groups in total. The topological polar surface area (TPSA) is 29.1 Å². The lowest BCUT2D eigenvalue weighted by atomic mass is 9.99. The molecule has 48 valence electrons. The van der Waals surface area contributed by atoms with Crippen molar-refractivity contribution >= 4 is 5.91 Å². The normalized spacial score (nSPS) is 24.0. The average Bonchev–Trinajstić information content (AvgIpc) is 1.79. The van der Waals surface area contributed by atoms with Crippen molar-refractivity contribution in [2.24, 2.45) is 0 Å². The summed E-state index contributed by atoms with van der Waals surface area (Å²) in [6.07, 6.45) is 2.24. The van der Waals surface area contributed by atoms with Gasteiger partial charge in [-0.05, 0) is 5.57 Å². The maximum atomic E-state index is 10.3. The fourth-order valence-corrected chi connectivity index (χ4v) is 0.725. The van der Waals surface area contributed by atoms with Crippen LogP contribution >= 0.6 is 0 Å². The number of hydrogen-bond acceptors (Lipinski definition) is 1. The zero-order valence-corrected chi connectivity index (χ0v) is 5.18. The van der Waals surface area contributed by atoms with E-state index in [-0.39, 0.29) is 11.9 Å². The van der Waals surface area contributed by atoms with Crippen molar-refractivity contribution in [2.75, 3.05) is 0 Å². The minimum absolute atomic E-state index is 0.100. The quantitative estimate of drug-likeness (QED) is 0.423. The Hall–Kier alpha value is -1.05. The first-order valence-corrected chi connectivity index (χ1v) is 2.84. The molecule has 0 aromatic rings. The first-order chi connectivity index (χ1) is 4.24. The van der Waals surface area contributed by atoms with Gasteiger partial charge in [-0.25, -0.2) is 0 Å². The molecule has 1 aliphatic heterocycles. The van der Waals surface area contributed by atoms with E-state index in [0.717, 1.165) is 5.57 Å². The van der Waals surface area contributed by atoms with Gasteiger partial charge in [0.05, 0.1) is 12.5 Å². The van der Waals surface area contributed by atoms with Crippen LogP contribution in [0.2, 0.25) is 0 Å². The SMILES string of the molecule is C=CC(=C)C1CC(=O)N1. The van der Waals surface area contributed by atoms with Crippen LogP contribution in [0.3, 0.4) is 0 Å². The van der Waals surface area contributed by atoms with E-state index in [4.69, 9.17) is 0 Å². The molecular formula is C7H9NO. The minimum Gasteiger partial charge on any atom is -0.349 e. The molecule has 0 spiro atoms. The lowest BCUT2D eigenvalue weighted by molar-refractivity contribution is -0.127. The van der Waals surface area contributed by atoms with E-state index < -0.39 is 0 Å². The highest BCUT2D eigenvalue weighted by Gasteiger charge is 2.25. The van der Waals surface area contributed by atoms with Crippen LogP contribution in [0.1, 0.15) is 6.42 Å². The lowest BCUT2D eigenvalue weighted by Crippen LogP contribution is -2.48. The first-order valence-electron chi connectivity index (χ1n) is 2.84. The molecule has 1 saturated heterocycles. The van der Waals surface area contributed by atoms with Gasteiger partial charge in [0.15, 0.2) is 0 Å². The van der Waals surface area contributed by atoms with Gasteiger partial charge in [0, 0.05) is 0 Å². The van der Waals surface area contributed by atoms with Crippen LogP contribution < -0.4 is 5.32 Å². The summed E-state index contributed by atoms with van der Waals surface area (Å²) in [5, 5.41) is 2.68. The predicted octanol–water partition coefficient (Wildman–Crippen LogP) is 0.617. The van der Waals surface area contributed by atoms with E-state index in [2.05, 4.69) is 18.5 Å². The van der Waals surface area contributed by atoms with Crippen LogP contribution in [0.15, 0.2) is 24.8 Å². The number of carbonyl (C=O) groups is 1. The van der Waals surface area contributed by atoms with Crippen LogP contribution in [0.25, 0.3) is 0 Å². The predicted molar refractivity (Wildman–Crippen MR) is 35.9 cm³/mol. The molecule has 1 atom stereocenters. The molecule has 0 bridgehead atoms. The third kappa shape index (κ3) is 1.02. The average molecular weight is 123 g/mol. The van der Waals surface area contributed by atoms with Crippen molar-refractivity contribution in [2.45, 2.75) is 12.5 Å². The minimum atomic E-state index is 0.100. The molecule has 1 heterocycles. The van der Waals surface area contributed by atoms with Gasteiger partial charge in [-0.2, -0.15) is 0 Å². The standard InChI is InChI=1S/C7H9NO/c1-3-5(2)6-4-7(9)8-6/h3,6H,1-2,4H2,(H,8,9). The highest BCUT2D eigenvalue weighted by molar-refractivity contribution is 5.84. The van der Waals surface area contributed by atoms with Crippen molar-refractivity contribution in [1.82, 2.24) is 5.32 Å². The zero-order valence-electron chi connectivity index (χ0n) is 5.18. The van der Waals surface area contributed by atoms with Crippen LogP contribution in [-0.4, -0.2) is 11.9 Å². The number of β-lactam (4-membered cyclic amide) rings is 1. The van der Waals surface area contributed by atoms with Gasteiger partial charge in [-0.3, -0.25) is 4.79 Å². The molecule has 1 aliphatic rings. The second-order valence-corrected chi connectivity index (χ2v) is 2.10. The number of amides is 1. The van der Waals surface area contributed by atoms with Crippen molar-refractivity contribution in [1.29, 1.82) is 0 Å². The van der Waals surface area contributed by atoms with Gasteiger partial charge < -0.3 is 5.32 Å². The van der Waals surface area contributed by atoms with Crippen LogP contribution in [0, 0.1) is 0 Å². The second-order valence-electron chi connectivity index (χ2n) is 2.10. The van der Waals surface area contributed by atoms with Crippen molar-refractivity contribution in [3.05, 3.63) is 24.8 Å². The molecule has 0 radical (unpaired) electrons.